The van der Waals surface area contributed by atoms with Gasteiger partial charge in [0.2, 0.25) is 0 Å². The van der Waals surface area contributed by atoms with E-state index in [0.717, 1.165) is 0 Å². The summed E-state index contributed by atoms with van der Waals surface area (Å²) in [6.07, 6.45) is 0.294. The second-order valence-corrected chi connectivity index (χ2v) is 5.84. The molecule has 0 saturated heterocycles. The van der Waals surface area contributed by atoms with Gasteiger partial charge in [-0.3, -0.25) is 0 Å². The van der Waals surface area contributed by atoms with E-state index in [2.05, 4.69) is 5.32 Å². The normalized spacial score (nSPS) is 12.0. The van der Waals surface area contributed by atoms with Crippen molar-refractivity contribution >= 4 is 0 Å². The lowest BCUT2D eigenvalue weighted by atomic mass is 10.1. The number of hydrogen-bond donors (Lipinski definition) is 2. The van der Waals surface area contributed by atoms with Crippen molar-refractivity contribution in [3.63, 3.8) is 0 Å². The van der Waals surface area contributed by atoms with Crippen molar-refractivity contribution < 1.29 is 18.6 Å². The molecule has 1 aromatic rings. The molecule has 0 fully saturated rings. The van der Waals surface area contributed by atoms with Gasteiger partial charge in [0.05, 0.1) is 12.2 Å². The molecule has 3 nitrogen and oxygen atoms in total. The number of halogens is 2. The number of nitrogens with one attached hydrogen (secondary N) is 1. The van der Waals surface area contributed by atoms with Crippen LogP contribution in [0.1, 0.15) is 39.7 Å². The lowest BCUT2D eigenvalue weighted by Crippen LogP contribution is -2.23. The number of hydrogen-bond acceptors (Lipinski definition) is 3. The predicted molar refractivity (Wildman–Crippen MR) is 74.7 cm³/mol. The van der Waals surface area contributed by atoms with E-state index in [0.29, 0.717) is 18.5 Å². The van der Waals surface area contributed by atoms with Crippen molar-refractivity contribution in [3.8, 4) is 5.75 Å². The highest BCUT2D eigenvalue weighted by Gasteiger charge is 2.16. The van der Waals surface area contributed by atoms with Crippen molar-refractivity contribution in [2.45, 2.75) is 52.3 Å². The lowest BCUT2D eigenvalue weighted by Gasteiger charge is -2.17. The van der Waals surface area contributed by atoms with Gasteiger partial charge in [-0.05, 0) is 31.5 Å². The fourth-order valence-corrected chi connectivity index (χ4v) is 1.58. The summed E-state index contributed by atoms with van der Waals surface area (Å²) in [5.41, 5.74) is -0.391. The third-order valence-corrected chi connectivity index (χ3v) is 2.73. The molecule has 0 atom stereocenters. The number of ether oxygens (including phenoxy) is 1. The molecular formula is C15H23F2NO2. The average Bonchev–Trinajstić information content (AvgIpc) is 2.28. The van der Waals surface area contributed by atoms with Gasteiger partial charge in [0, 0.05) is 19.0 Å². The van der Waals surface area contributed by atoms with Gasteiger partial charge in [-0.25, -0.2) is 8.78 Å². The summed E-state index contributed by atoms with van der Waals surface area (Å²) in [6, 6.07) is 2.76. The molecular weight excluding hydrogens is 264 g/mol. The topological polar surface area (TPSA) is 41.5 Å². The highest BCUT2D eigenvalue weighted by atomic mass is 19.1. The second kappa shape index (κ2) is 6.99. The SMILES string of the molecule is CC(C)NCc1cc(F)c(OCCC(C)(C)O)c(F)c1. The third-order valence-electron chi connectivity index (χ3n) is 2.73. The Morgan fingerprint density at radius 3 is 2.25 bits per heavy atom. The van der Waals surface area contributed by atoms with Gasteiger partial charge in [-0.1, -0.05) is 13.8 Å². The van der Waals surface area contributed by atoms with Crippen LogP contribution < -0.4 is 10.1 Å². The smallest absolute Gasteiger partial charge is 0.190 e. The van der Waals surface area contributed by atoms with Crippen LogP contribution in [0, 0.1) is 11.6 Å². The maximum absolute atomic E-state index is 13.8. The van der Waals surface area contributed by atoms with Crippen LogP contribution in [-0.2, 0) is 6.54 Å². The molecule has 0 bridgehead atoms. The monoisotopic (exact) mass is 287 g/mol. The van der Waals surface area contributed by atoms with Gasteiger partial charge < -0.3 is 15.2 Å². The predicted octanol–water partition coefficient (Wildman–Crippen LogP) is 3.00. The fraction of sp³-hybridized carbons (Fsp3) is 0.600. The van der Waals surface area contributed by atoms with Crippen molar-refractivity contribution in [2.24, 2.45) is 0 Å². The van der Waals surface area contributed by atoms with E-state index in [-0.39, 0.29) is 18.4 Å². The van der Waals surface area contributed by atoms with Crippen molar-refractivity contribution in [1.29, 1.82) is 0 Å². The van der Waals surface area contributed by atoms with Crippen LogP contribution in [-0.4, -0.2) is 23.4 Å². The van der Waals surface area contributed by atoms with Gasteiger partial charge in [-0.2, -0.15) is 0 Å². The summed E-state index contributed by atoms with van der Waals surface area (Å²) in [5.74, 6) is -1.83. The van der Waals surface area contributed by atoms with Crippen LogP contribution in [0.4, 0.5) is 8.78 Å². The highest BCUT2D eigenvalue weighted by Crippen LogP contribution is 2.24. The zero-order valence-electron chi connectivity index (χ0n) is 12.5. The van der Waals surface area contributed by atoms with Gasteiger partial charge in [0.25, 0.3) is 0 Å². The Bertz CT molecular complexity index is 419. The maximum atomic E-state index is 13.8. The van der Waals surface area contributed by atoms with E-state index >= 15 is 0 Å². The minimum absolute atomic E-state index is 0.0565. The van der Waals surface area contributed by atoms with E-state index in [4.69, 9.17) is 4.74 Å². The minimum Gasteiger partial charge on any atom is -0.487 e. The van der Waals surface area contributed by atoms with Crippen molar-refractivity contribution in [2.75, 3.05) is 6.61 Å². The number of aliphatic hydroxyl groups is 1. The van der Waals surface area contributed by atoms with Crippen LogP contribution in [0.15, 0.2) is 12.1 Å². The maximum Gasteiger partial charge on any atom is 0.190 e. The largest absolute Gasteiger partial charge is 0.487 e. The Kier molecular flexibility index (Phi) is 5.89. The van der Waals surface area contributed by atoms with Crippen molar-refractivity contribution in [1.82, 2.24) is 5.32 Å². The molecule has 1 rings (SSSR count). The van der Waals surface area contributed by atoms with E-state index in [1.165, 1.54) is 12.1 Å². The van der Waals surface area contributed by atoms with E-state index in [1.54, 1.807) is 13.8 Å². The Morgan fingerprint density at radius 2 is 1.80 bits per heavy atom. The molecule has 1 aromatic carbocycles. The molecule has 0 saturated carbocycles. The first-order chi connectivity index (χ1) is 9.19. The van der Waals surface area contributed by atoms with Gasteiger partial charge in [0.1, 0.15) is 0 Å². The van der Waals surface area contributed by atoms with E-state index in [1.807, 2.05) is 13.8 Å². The zero-order valence-corrected chi connectivity index (χ0v) is 12.5. The Balaban J connectivity index is 2.69. The first-order valence-corrected chi connectivity index (χ1v) is 6.75. The van der Waals surface area contributed by atoms with Crippen LogP contribution in [0.3, 0.4) is 0 Å². The summed E-state index contributed by atoms with van der Waals surface area (Å²) in [5, 5.41) is 12.6. The first kappa shape index (κ1) is 16.9. The summed E-state index contributed by atoms with van der Waals surface area (Å²) in [4.78, 5) is 0. The molecule has 0 amide bonds. The Morgan fingerprint density at radius 1 is 1.25 bits per heavy atom. The minimum atomic E-state index is -0.923. The lowest BCUT2D eigenvalue weighted by molar-refractivity contribution is 0.0540. The summed E-state index contributed by atoms with van der Waals surface area (Å²) >= 11 is 0. The molecule has 5 heteroatoms. The zero-order chi connectivity index (χ0) is 15.3. The average molecular weight is 287 g/mol. The molecule has 20 heavy (non-hydrogen) atoms. The molecule has 2 N–H and O–H groups in total. The summed E-state index contributed by atoms with van der Waals surface area (Å²) < 4.78 is 32.7. The van der Waals surface area contributed by atoms with E-state index < -0.39 is 17.2 Å². The van der Waals surface area contributed by atoms with Crippen molar-refractivity contribution in [3.05, 3.63) is 29.3 Å². The molecule has 0 aliphatic heterocycles. The van der Waals surface area contributed by atoms with E-state index in [9.17, 15) is 13.9 Å². The Hall–Kier alpha value is -1.20. The second-order valence-electron chi connectivity index (χ2n) is 5.84. The standard InChI is InChI=1S/C15H23F2NO2/c1-10(2)18-9-11-7-12(16)14(13(17)8-11)20-6-5-15(3,4)19/h7-8,10,18-19H,5-6,9H2,1-4H3. The molecule has 0 aliphatic rings. The number of rotatable bonds is 7. The van der Waals surface area contributed by atoms with Crippen LogP contribution in [0.5, 0.6) is 5.75 Å². The summed E-state index contributed by atoms with van der Waals surface area (Å²) in [7, 11) is 0. The van der Waals surface area contributed by atoms with Crippen LogP contribution in [0.25, 0.3) is 0 Å². The van der Waals surface area contributed by atoms with Crippen LogP contribution in [0.2, 0.25) is 0 Å². The summed E-state index contributed by atoms with van der Waals surface area (Å²) in [6.45, 7) is 7.60. The van der Waals surface area contributed by atoms with Gasteiger partial charge >= 0.3 is 0 Å². The Labute approximate surface area is 119 Å². The molecule has 0 radical (unpaired) electrons. The number of benzene rings is 1. The van der Waals surface area contributed by atoms with Gasteiger partial charge in [-0.15, -0.1) is 0 Å². The molecule has 0 spiro atoms. The molecule has 0 aliphatic carbocycles. The first-order valence-electron chi connectivity index (χ1n) is 6.75. The van der Waals surface area contributed by atoms with Crippen LogP contribution >= 0.6 is 0 Å². The molecule has 0 heterocycles. The molecule has 0 unspecified atom stereocenters. The molecule has 114 valence electrons. The third kappa shape index (κ3) is 5.84. The van der Waals surface area contributed by atoms with Gasteiger partial charge in [0.15, 0.2) is 17.4 Å². The molecule has 0 aromatic heterocycles. The highest BCUT2D eigenvalue weighted by molar-refractivity contribution is 5.31. The quantitative estimate of drug-likeness (QED) is 0.810. The fourth-order valence-electron chi connectivity index (χ4n) is 1.58.